The summed E-state index contributed by atoms with van der Waals surface area (Å²) in [6, 6.07) is 10.2. The van der Waals surface area contributed by atoms with Crippen LogP contribution in [-0.4, -0.2) is 0 Å². The minimum absolute atomic E-state index is 0.0996. The van der Waals surface area contributed by atoms with Crippen LogP contribution in [0.5, 0.6) is 0 Å². The molecule has 0 N–H and O–H groups in total. The van der Waals surface area contributed by atoms with Crippen molar-refractivity contribution in [3.05, 3.63) is 56.2 Å². The lowest BCUT2D eigenvalue weighted by Crippen LogP contribution is -1.94. The largest absolute Gasteiger partial charge is 0.127 e. The van der Waals surface area contributed by atoms with Crippen molar-refractivity contribution in [2.24, 2.45) is 0 Å². The molecule has 84 valence electrons. The summed E-state index contributed by atoms with van der Waals surface area (Å²) in [6.07, 6.45) is 0. The Balaban J connectivity index is 2.40. The fraction of sp³-hybridized carbons (Fsp3) is 0.231. The van der Waals surface area contributed by atoms with Gasteiger partial charge in [0.1, 0.15) is 0 Å². The van der Waals surface area contributed by atoms with E-state index in [4.69, 9.17) is 23.2 Å². The van der Waals surface area contributed by atoms with E-state index < -0.39 is 0 Å². The van der Waals surface area contributed by atoms with Crippen LogP contribution < -0.4 is 0 Å². The van der Waals surface area contributed by atoms with Gasteiger partial charge < -0.3 is 0 Å². The van der Waals surface area contributed by atoms with E-state index in [1.807, 2.05) is 12.1 Å². The molecule has 0 aliphatic heterocycles. The zero-order valence-corrected chi connectivity index (χ0v) is 11.5. The number of alkyl halides is 1. The second-order valence-corrected chi connectivity index (χ2v) is 6.05. The minimum atomic E-state index is -0.0996. The molecule has 0 amide bonds. The molecule has 1 atom stereocenters. The number of aryl methyl sites for hydroxylation is 2. The van der Waals surface area contributed by atoms with Crippen molar-refractivity contribution in [1.29, 1.82) is 0 Å². The zero-order chi connectivity index (χ0) is 11.7. The first kappa shape index (κ1) is 12.0. The highest BCUT2D eigenvalue weighted by atomic mass is 35.5. The Kier molecular flexibility index (Phi) is 3.58. The molecule has 0 bridgehead atoms. The van der Waals surface area contributed by atoms with Gasteiger partial charge in [-0.1, -0.05) is 35.4 Å². The highest BCUT2D eigenvalue weighted by Gasteiger charge is 2.15. The Hall–Kier alpha value is -0.500. The fourth-order valence-corrected chi connectivity index (χ4v) is 3.15. The van der Waals surface area contributed by atoms with E-state index in [9.17, 15) is 0 Å². The highest BCUT2D eigenvalue weighted by Crippen LogP contribution is 2.36. The monoisotopic (exact) mass is 270 g/mol. The van der Waals surface area contributed by atoms with Crippen molar-refractivity contribution in [1.82, 2.24) is 0 Å². The van der Waals surface area contributed by atoms with E-state index in [1.165, 1.54) is 28.0 Å². The molecule has 1 unspecified atom stereocenters. The van der Waals surface area contributed by atoms with Crippen LogP contribution in [0.2, 0.25) is 4.34 Å². The molecule has 16 heavy (non-hydrogen) atoms. The summed E-state index contributed by atoms with van der Waals surface area (Å²) in [4.78, 5) is 1.10. The molecule has 2 aromatic rings. The second kappa shape index (κ2) is 4.79. The van der Waals surface area contributed by atoms with Gasteiger partial charge in [0.15, 0.2) is 0 Å². The van der Waals surface area contributed by atoms with Crippen molar-refractivity contribution >= 4 is 34.5 Å². The average molecular weight is 271 g/mol. The van der Waals surface area contributed by atoms with Gasteiger partial charge in [-0.2, -0.15) is 0 Å². The zero-order valence-electron chi connectivity index (χ0n) is 9.13. The van der Waals surface area contributed by atoms with Gasteiger partial charge in [0.25, 0.3) is 0 Å². The molecule has 0 radical (unpaired) electrons. The van der Waals surface area contributed by atoms with Gasteiger partial charge >= 0.3 is 0 Å². The first-order valence-electron chi connectivity index (χ1n) is 5.04. The fourth-order valence-electron chi connectivity index (χ4n) is 1.65. The van der Waals surface area contributed by atoms with Gasteiger partial charge in [-0.25, -0.2) is 0 Å². The van der Waals surface area contributed by atoms with E-state index in [0.717, 1.165) is 9.21 Å². The number of hydrogen-bond acceptors (Lipinski definition) is 1. The van der Waals surface area contributed by atoms with Crippen molar-refractivity contribution in [2.45, 2.75) is 19.2 Å². The molecule has 0 aliphatic rings. The minimum Gasteiger partial charge on any atom is -0.127 e. The van der Waals surface area contributed by atoms with Crippen molar-refractivity contribution in [3.63, 3.8) is 0 Å². The molecular weight excluding hydrogens is 259 g/mol. The summed E-state index contributed by atoms with van der Waals surface area (Å²) in [5.74, 6) is 0. The SMILES string of the molecule is Cc1ccc(C)c(C(Cl)c2ccc(Cl)s2)c1. The first-order chi connectivity index (χ1) is 7.58. The van der Waals surface area contributed by atoms with Gasteiger partial charge in [0.05, 0.1) is 9.71 Å². The Morgan fingerprint density at radius 2 is 1.88 bits per heavy atom. The van der Waals surface area contributed by atoms with E-state index >= 15 is 0 Å². The molecule has 0 saturated carbocycles. The van der Waals surface area contributed by atoms with Gasteiger partial charge in [-0.05, 0) is 37.1 Å². The standard InChI is InChI=1S/C13H12Cl2S/c1-8-3-4-9(2)10(7-8)13(15)11-5-6-12(14)16-11/h3-7,13H,1-2H3. The topological polar surface area (TPSA) is 0 Å². The van der Waals surface area contributed by atoms with E-state index in [2.05, 4.69) is 32.0 Å². The van der Waals surface area contributed by atoms with Crippen LogP contribution in [0, 0.1) is 13.8 Å². The summed E-state index contributed by atoms with van der Waals surface area (Å²) in [5, 5.41) is -0.0996. The number of halogens is 2. The molecule has 1 heterocycles. The number of rotatable bonds is 2. The van der Waals surface area contributed by atoms with Crippen LogP contribution in [0.1, 0.15) is 26.9 Å². The van der Waals surface area contributed by atoms with Crippen LogP contribution in [0.4, 0.5) is 0 Å². The van der Waals surface area contributed by atoms with Crippen LogP contribution in [-0.2, 0) is 0 Å². The molecule has 0 fully saturated rings. The summed E-state index contributed by atoms with van der Waals surface area (Å²) >= 11 is 13.9. The van der Waals surface area contributed by atoms with Crippen LogP contribution in [0.3, 0.4) is 0 Å². The number of hydrogen-bond donors (Lipinski definition) is 0. The number of benzene rings is 1. The van der Waals surface area contributed by atoms with Crippen molar-refractivity contribution in [2.75, 3.05) is 0 Å². The van der Waals surface area contributed by atoms with E-state index in [1.54, 1.807) is 0 Å². The van der Waals surface area contributed by atoms with Crippen molar-refractivity contribution < 1.29 is 0 Å². The predicted octanol–water partition coefficient (Wildman–Crippen LogP) is 5.35. The second-order valence-electron chi connectivity index (χ2n) is 3.86. The first-order valence-corrected chi connectivity index (χ1v) is 6.67. The van der Waals surface area contributed by atoms with Crippen LogP contribution >= 0.6 is 34.5 Å². The summed E-state index contributed by atoms with van der Waals surface area (Å²) < 4.78 is 0.783. The quantitative estimate of drug-likeness (QED) is 0.646. The molecule has 0 nitrogen and oxygen atoms in total. The maximum absolute atomic E-state index is 6.47. The van der Waals surface area contributed by atoms with Crippen molar-refractivity contribution in [3.8, 4) is 0 Å². The van der Waals surface area contributed by atoms with Gasteiger partial charge in [-0.3, -0.25) is 0 Å². The van der Waals surface area contributed by atoms with E-state index in [0.29, 0.717) is 0 Å². The normalized spacial score (nSPS) is 12.8. The summed E-state index contributed by atoms with van der Waals surface area (Å²) in [7, 11) is 0. The Bertz CT molecular complexity index is 502. The predicted molar refractivity (Wildman–Crippen MR) is 72.9 cm³/mol. The van der Waals surface area contributed by atoms with Gasteiger partial charge in [0.2, 0.25) is 0 Å². The average Bonchev–Trinajstić information content (AvgIpc) is 2.67. The lowest BCUT2D eigenvalue weighted by atomic mass is 10.0. The summed E-state index contributed by atoms with van der Waals surface area (Å²) in [6.45, 7) is 4.16. The Morgan fingerprint density at radius 1 is 1.12 bits per heavy atom. The van der Waals surface area contributed by atoms with E-state index in [-0.39, 0.29) is 5.38 Å². The third kappa shape index (κ3) is 2.42. The lowest BCUT2D eigenvalue weighted by Gasteiger charge is -2.12. The Labute approximate surface area is 110 Å². The van der Waals surface area contributed by atoms with Crippen LogP contribution in [0.15, 0.2) is 30.3 Å². The smallest absolute Gasteiger partial charge is 0.0931 e. The molecule has 0 spiro atoms. The molecule has 1 aromatic carbocycles. The third-order valence-corrected chi connectivity index (χ3v) is 4.45. The Morgan fingerprint density at radius 3 is 2.50 bits per heavy atom. The van der Waals surface area contributed by atoms with Gasteiger partial charge in [0, 0.05) is 4.88 Å². The molecular formula is C13H12Cl2S. The maximum atomic E-state index is 6.47. The van der Waals surface area contributed by atoms with Gasteiger partial charge in [-0.15, -0.1) is 22.9 Å². The molecule has 0 saturated heterocycles. The number of thiophene rings is 1. The third-order valence-electron chi connectivity index (χ3n) is 2.55. The molecule has 1 aromatic heterocycles. The molecule has 2 rings (SSSR count). The lowest BCUT2D eigenvalue weighted by molar-refractivity contribution is 1.13. The molecule has 3 heteroatoms. The molecule has 0 aliphatic carbocycles. The summed E-state index contributed by atoms with van der Waals surface area (Å²) in [5.41, 5.74) is 3.62. The maximum Gasteiger partial charge on any atom is 0.0931 e. The van der Waals surface area contributed by atoms with Crippen LogP contribution in [0.25, 0.3) is 0 Å². The highest BCUT2D eigenvalue weighted by molar-refractivity contribution is 7.16.